The van der Waals surface area contributed by atoms with Crippen LogP contribution in [0.5, 0.6) is 0 Å². The van der Waals surface area contributed by atoms with Crippen molar-refractivity contribution in [3.8, 4) is 0 Å². The van der Waals surface area contributed by atoms with Crippen molar-refractivity contribution in [2.24, 2.45) is 7.05 Å². The van der Waals surface area contributed by atoms with Crippen LogP contribution in [0.2, 0.25) is 0 Å². The van der Waals surface area contributed by atoms with Gasteiger partial charge in [-0.3, -0.25) is 4.68 Å². The summed E-state index contributed by atoms with van der Waals surface area (Å²) < 4.78 is 7.67. The SMILES string of the molecule is CNC(c1cc2cc(C)ccc2o1)c1cnnn1C. The molecule has 0 aliphatic rings. The third kappa shape index (κ3) is 2.02. The lowest BCUT2D eigenvalue weighted by molar-refractivity contribution is 0.472. The summed E-state index contributed by atoms with van der Waals surface area (Å²) in [5.74, 6) is 0.869. The predicted molar refractivity (Wildman–Crippen MR) is 72.9 cm³/mol. The molecule has 1 aromatic carbocycles. The first-order chi connectivity index (χ1) is 9.19. The van der Waals surface area contributed by atoms with Crippen LogP contribution in [0.15, 0.2) is 34.9 Å². The molecule has 0 amide bonds. The zero-order chi connectivity index (χ0) is 13.4. The lowest BCUT2D eigenvalue weighted by Crippen LogP contribution is -2.20. The van der Waals surface area contributed by atoms with Crippen molar-refractivity contribution in [1.82, 2.24) is 20.3 Å². The van der Waals surface area contributed by atoms with E-state index in [1.807, 2.05) is 20.2 Å². The van der Waals surface area contributed by atoms with Crippen molar-refractivity contribution in [2.45, 2.75) is 13.0 Å². The van der Waals surface area contributed by atoms with Gasteiger partial charge in [-0.05, 0) is 32.2 Å². The Morgan fingerprint density at radius 3 is 2.84 bits per heavy atom. The van der Waals surface area contributed by atoms with Gasteiger partial charge >= 0.3 is 0 Å². The number of fused-ring (bicyclic) bond motifs is 1. The average molecular weight is 256 g/mol. The van der Waals surface area contributed by atoms with Crippen molar-refractivity contribution < 1.29 is 4.42 Å². The first-order valence-electron chi connectivity index (χ1n) is 6.21. The van der Waals surface area contributed by atoms with Gasteiger partial charge < -0.3 is 9.73 Å². The fourth-order valence-corrected chi connectivity index (χ4v) is 2.32. The van der Waals surface area contributed by atoms with Crippen molar-refractivity contribution in [3.63, 3.8) is 0 Å². The first-order valence-corrected chi connectivity index (χ1v) is 6.21. The van der Waals surface area contributed by atoms with Gasteiger partial charge in [-0.1, -0.05) is 16.8 Å². The molecule has 2 aromatic heterocycles. The number of nitrogens with zero attached hydrogens (tertiary/aromatic N) is 3. The fraction of sp³-hybridized carbons (Fsp3) is 0.286. The molecule has 0 fully saturated rings. The normalized spacial score (nSPS) is 13.0. The number of aromatic nitrogens is 3. The second kappa shape index (κ2) is 4.51. The summed E-state index contributed by atoms with van der Waals surface area (Å²) in [6.07, 6.45) is 1.75. The van der Waals surface area contributed by atoms with E-state index in [2.05, 4.69) is 40.8 Å². The van der Waals surface area contributed by atoms with Crippen molar-refractivity contribution in [2.75, 3.05) is 7.05 Å². The summed E-state index contributed by atoms with van der Waals surface area (Å²) in [5.41, 5.74) is 3.09. The summed E-state index contributed by atoms with van der Waals surface area (Å²) in [6, 6.07) is 8.19. The Bertz CT molecular complexity index is 713. The minimum absolute atomic E-state index is 0.0484. The second-order valence-corrected chi connectivity index (χ2v) is 4.69. The molecular weight excluding hydrogens is 240 g/mol. The number of furan rings is 1. The number of benzene rings is 1. The molecular formula is C14H16N4O. The van der Waals surface area contributed by atoms with Gasteiger partial charge in [0, 0.05) is 12.4 Å². The Hall–Kier alpha value is -2.14. The van der Waals surface area contributed by atoms with Crippen LogP contribution in [0, 0.1) is 6.92 Å². The minimum Gasteiger partial charge on any atom is -0.459 e. The average Bonchev–Trinajstić information content (AvgIpc) is 2.97. The summed E-state index contributed by atoms with van der Waals surface area (Å²) in [7, 11) is 3.77. The summed E-state index contributed by atoms with van der Waals surface area (Å²) in [5, 5.41) is 12.2. The van der Waals surface area contributed by atoms with Crippen molar-refractivity contribution >= 4 is 11.0 Å². The zero-order valence-corrected chi connectivity index (χ0v) is 11.2. The molecule has 0 aliphatic heterocycles. The molecule has 0 radical (unpaired) electrons. The molecule has 3 aromatic rings. The molecule has 19 heavy (non-hydrogen) atoms. The predicted octanol–water partition coefficient (Wildman–Crippen LogP) is 2.18. The van der Waals surface area contributed by atoms with E-state index in [-0.39, 0.29) is 6.04 Å². The van der Waals surface area contributed by atoms with Crippen LogP contribution in [-0.2, 0) is 7.05 Å². The standard InChI is InChI=1S/C14H16N4O/c1-9-4-5-12-10(6-9)7-13(19-12)14(15-2)11-8-16-17-18(11)3/h4-8,14-15H,1-3H3. The van der Waals surface area contributed by atoms with Gasteiger partial charge in [0.25, 0.3) is 0 Å². The molecule has 2 heterocycles. The van der Waals surface area contributed by atoms with Crippen LogP contribution in [0.3, 0.4) is 0 Å². The highest BCUT2D eigenvalue weighted by molar-refractivity contribution is 5.78. The van der Waals surface area contributed by atoms with Crippen LogP contribution in [0.1, 0.15) is 23.1 Å². The largest absolute Gasteiger partial charge is 0.459 e. The number of hydrogen-bond donors (Lipinski definition) is 1. The third-order valence-electron chi connectivity index (χ3n) is 3.31. The number of aryl methyl sites for hydroxylation is 2. The maximum Gasteiger partial charge on any atom is 0.134 e. The molecule has 1 atom stereocenters. The van der Waals surface area contributed by atoms with E-state index >= 15 is 0 Å². The quantitative estimate of drug-likeness (QED) is 0.780. The molecule has 98 valence electrons. The van der Waals surface area contributed by atoms with E-state index in [4.69, 9.17) is 4.42 Å². The molecule has 1 unspecified atom stereocenters. The van der Waals surface area contributed by atoms with Crippen LogP contribution in [-0.4, -0.2) is 22.0 Å². The lowest BCUT2D eigenvalue weighted by Gasteiger charge is -2.12. The highest BCUT2D eigenvalue weighted by Crippen LogP contribution is 2.28. The fourth-order valence-electron chi connectivity index (χ4n) is 2.32. The molecule has 1 N–H and O–H groups in total. The van der Waals surface area contributed by atoms with Gasteiger partial charge in [0.15, 0.2) is 0 Å². The van der Waals surface area contributed by atoms with Gasteiger partial charge in [0.2, 0.25) is 0 Å². The second-order valence-electron chi connectivity index (χ2n) is 4.69. The highest BCUT2D eigenvalue weighted by Gasteiger charge is 2.20. The van der Waals surface area contributed by atoms with E-state index in [0.717, 1.165) is 22.4 Å². The summed E-state index contributed by atoms with van der Waals surface area (Å²) in [4.78, 5) is 0. The molecule has 0 aliphatic carbocycles. The lowest BCUT2D eigenvalue weighted by atomic mass is 10.1. The van der Waals surface area contributed by atoms with Gasteiger partial charge in [0.1, 0.15) is 17.4 Å². The van der Waals surface area contributed by atoms with E-state index in [9.17, 15) is 0 Å². The summed E-state index contributed by atoms with van der Waals surface area (Å²) >= 11 is 0. The molecule has 0 saturated heterocycles. The molecule has 3 rings (SSSR count). The van der Waals surface area contributed by atoms with Crippen LogP contribution in [0.25, 0.3) is 11.0 Å². The van der Waals surface area contributed by atoms with E-state index in [1.165, 1.54) is 5.56 Å². The Kier molecular flexibility index (Phi) is 2.83. The maximum atomic E-state index is 5.92. The number of hydrogen-bond acceptors (Lipinski definition) is 4. The highest BCUT2D eigenvalue weighted by atomic mass is 16.3. The van der Waals surface area contributed by atoms with E-state index in [0.29, 0.717) is 0 Å². The monoisotopic (exact) mass is 256 g/mol. The maximum absolute atomic E-state index is 5.92. The van der Waals surface area contributed by atoms with Crippen molar-refractivity contribution in [1.29, 1.82) is 0 Å². The van der Waals surface area contributed by atoms with Gasteiger partial charge in [-0.2, -0.15) is 0 Å². The zero-order valence-electron chi connectivity index (χ0n) is 11.2. The van der Waals surface area contributed by atoms with E-state index in [1.54, 1.807) is 10.9 Å². The van der Waals surface area contributed by atoms with Gasteiger partial charge in [-0.25, -0.2) is 0 Å². The number of rotatable bonds is 3. The molecule has 0 spiro atoms. The Morgan fingerprint density at radius 1 is 1.32 bits per heavy atom. The molecule has 5 nitrogen and oxygen atoms in total. The third-order valence-corrected chi connectivity index (χ3v) is 3.31. The first kappa shape index (κ1) is 11.9. The molecule has 5 heteroatoms. The van der Waals surface area contributed by atoms with Gasteiger partial charge in [-0.15, -0.1) is 5.10 Å². The Balaban J connectivity index is 2.09. The molecule has 0 saturated carbocycles. The van der Waals surface area contributed by atoms with Crippen molar-refractivity contribution in [3.05, 3.63) is 47.5 Å². The minimum atomic E-state index is -0.0484. The Morgan fingerprint density at radius 2 is 2.16 bits per heavy atom. The smallest absolute Gasteiger partial charge is 0.134 e. The van der Waals surface area contributed by atoms with Crippen LogP contribution >= 0.6 is 0 Å². The Labute approximate surface area is 111 Å². The molecule has 0 bridgehead atoms. The summed E-state index contributed by atoms with van der Waals surface area (Å²) in [6.45, 7) is 2.08. The van der Waals surface area contributed by atoms with E-state index < -0.39 is 0 Å². The van der Waals surface area contributed by atoms with Crippen LogP contribution < -0.4 is 5.32 Å². The van der Waals surface area contributed by atoms with Crippen LogP contribution in [0.4, 0.5) is 0 Å². The number of nitrogens with one attached hydrogen (secondary N) is 1. The van der Waals surface area contributed by atoms with Gasteiger partial charge in [0.05, 0.1) is 11.9 Å². The topological polar surface area (TPSA) is 55.9 Å².